The number of benzene rings is 2. The van der Waals surface area contributed by atoms with Gasteiger partial charge in [0.2, 0.25) is 0 Å². The van der Waals surface area contributed by atoms with Gasteiger partial charge in [-0.25, -0.2) is 8.78 Å². The number of carbonyl (C=O) groups excluding carboxylic acids is 1. The number of nitrogens with zero attached hydrogens (tertiary/aromatic N) is 1. The Kier molecular flexibility index (Phi) is 5.61. The Hall–Kier alpha value is -3.09. The van der Waals surface area contributed by atoms with Crippen LogP contribution in [0.4, 0.5) is 20.2 Å². The molecule has 2 N–H and O–H groups in total. The van der Waals surface area contributed by atoms with E-state index in [2.05, 4.69) is 10.3 Å². The molecule has 0 radical (unpaired) electrons. The molecule has 1 aliphatic heterocycles. The van der Waals surface area contributed by atoms with Crippen molar-refractivity contribution in [3.05, 3.63) is 53.7 Å². The van der Waals surface area contributed by atoms with E-state index in [0.717, 1.165) is 30.2 Å². The van der Waals surface area contributed by atoms with Crippen molar-refractivity contribution in [1.29, 1.82) is 0 Å². The number of halogens is 2. The van der Waals surface area contributed by atoms with Crippen LogP contribution in [0, 0.1) is 11.6 Å². The molecule has 0 unspecified atom stereocenters. The number of aromatic nitrogens is 1. The first kappa shape index (κ1) is 20.2. The maximum Gasteiger partial charge on any atom is 0.272 e. The number of piperidine rings is 1. The largest absolute Gasteiger partial charge is 0.491 e. The van der Waals surface area contributed by atoms with Gasteiger partial charge in [0, 0.05) is 29.7 Å². The third-order valence-corrected chi connectivity index (χ3v) is 5.16. The number of H-pyrrole nitrogens is 1. The zero-order chi connectivity index (χ0) is 21.3. The second-order valence-corrected chi connectivity index (χ2v) is 7.89. The van der Waals surface area contributed by atoms with Crippen molar-refractivity contribution in [2.75, 3.05) is 23.3 Å². The Balaban J connectivity index is 1.53. The third kappa shape index (κ3) is 4.25. The van der Waals surface area contributed by atoms with Gasteiger partial charge in [0.25, 0.3) is 5.91 Å². The van der Waals surface area contributed by atoms with E-state index < -0.39 is 17.5 Å². The van der Waals surface area contributed by atoms with E-state index in [1.54, 1.807) is 11.0 Å². The first-order chi connectivity index (χ1) is 14.4. The summed E-state index contributed by atoms with van der Waals surface area (Å²) in [4.78, 5) is 17.4. The smallest absolute Gasteiger partial charge is 0.272 e. The summed E-state index contributed by atoms with van der Waals surface area (Å²) in [5.41, 5.74) is 1.14. The van der Waals surface area contributed by atoms with Gasteiger partial charge in [-0.2, -0.15) is 0 Å². The SMILES string of the molecule is CC(C)Oc1ccc2[nH]c(C(=O)Nc3cc(F)c(N4CCCCC4)c(F)c3)cc2c1. The van der Waals surface area contributed by atoms with Crippen molar-refractivity contribution in [3.8, 4) is 5.75 Å². The number of hydrogen-bond donors (Lipinski definition) is 2. The van der Waals surface area contributed by atoms with Gasteiger partial charge in [0.05, 0.1) is 6.10 Å². The van der Waals surface area contributed by atoms with Crippen LogP contribution >= 0.6 is 0 Å². The summed E-state index contributed by atoms with van der Waals surface area (Å²) < 4.78 is 34.9. The summed E-state index contributed by atoms with van der Waals surface area (Å²) in [5, 5.41) is 3.39. The monoisotopic (exact) mass is 413 g/mol. The highest BCUT2D eigenvalue weighted by molar-refractivity contribution is 6.06. The topological polar surface area (TPSA) is 57.4 Å². The second kappa shape index (κ2) is 8.34. The van der Waals surface area contributed by atoms with Crippen molar-refractivity contribution in [2.24, 2.45) is 0 Å². The summed E-state index contributed by atoms with van der Waals surface area (Å²) in [7, 11) is 0. The van der Waals surface area contributed by atoms with Crippen LogP contribution in [0.3, 0.4) is 0 Å². The number of hydrogen-bond acceptors (Lipinski definition) is 3. The predicted molar refractivity (Wildman–Crippen MR) is 114 cm³/mol. The van der Waals surface area contributed by atoms with E-state index in [9.17, 15) is 13.6 Å². The highest BCUT2D eigenvalue weighted by atomic mass is 19.1. The average Bonchev–Trinajstić information content (AvgIpc) is 3.11. The fraction of sp³-hybridized carbons (Fsp3) is 0.348. The molecule has 5 nitrogen and oxygen atoms in total. The molecule has 0 saturated carbocycles. The van der Waals surface area contributed by atoms with E-state index >= 15 is 0 Å². The van der Waals surface area contributed by atoms with E-state index in [4.69, 9.17) is 4.74 Å². The Morgan fingerprint density at radius 3 is 2.43 bits per heavy atom. The number of aromatic amines is 1. The number of nitrogens with one attached hydrogen (secondary N) is 2. The van der Waals surface area contributed by atoms with Gasteiger partial charge in [0.15, 0.2) is 11.6 Å². The number of fused-ring (bicyclic) bond motifs is 1. The van der Waals surface area contributed by atoms with Gasteiger partial charge in [-0.05, 0) is 69.5 Å². The number of amides is 1. The highest BCUT2D eigenvalue weighted by Crippen LogP contribution is 2.30. The molecule has 2 aromatic carbocycles. The minimum atomic E-state index is -0.667. The molecule has 1 saturated heterocycles. The van der Waals surface area contributed by atoms with Crippen LogP contribution in [0.2, 0.25) is 0 Å². The van der Waals surface area contributed by atoms with Crippen molar-refractivity contribution >= 4 is 28.2 Å². The van der Waals surface area contributed by atoms with E-state index in [1.165, 1.54) is 12.1 Å². The van der Waals surface area contributed by atoms with E-state index in [1.807, 2.05) is 32.0 Å². The normalized spacial score (nSPS) is 14.4. The highest BCUT2D eigenvalue weighted by Gasteiger charge is 2.21. The second-order valence-electron chi connectivity index (χ2n) is 7.89. The molecule has 30 heavy (non-hydrogen) atoms. The molecule has 0 atom stereocenters. The quantitative estimate of drug-likeness (QED) is 0.583. The molecule has 0 spiro atoms. The minimum absolute atomic E-state index is 0.0176. The van der Waals surface area contributed by atoms with Crippen molar-refractivity contribution in [1.82, 2.24) is 4.98 Å². The molecule has 7 heteroatoms. The number of anilines is 2. The van der Waals surface area contributed by atoms with Gasteiger partial charge < -0.3 is 19.9 Å². The van der Waals surface area contributed by atoms with Gasteiger partial charge >= 0.3 is 0 Å². The Bertz CT molecular complexity index is 1050. The molecule has 2 heterocycles. The lowest BCUT2D eigenvalue weighted by Crippen LogP contribution is -2.31. The summed E-state index contributed by atoms with van der Waals surface area (Å²) in [6, 6.07) is 9.52. The minimum Gasteiger partial charge on any atom is -0.491 e. The summed E-state index contributed by atoms with van der Waals surface area (Å²) in [6.45, 7) is 5.15. The first-order valence-corrected chi connectivity index (χ1v) is 10.3. The molecule has 158 valence electrons. The van der Waals surface area contributed by atoms with Crippen LogP contribution in [0.5, 0.6) is 5.75 Å². The van der Waals surface area contributed by atoms with Crippen LogP contribution in [-0.4, -0.2) is 30.1 Å². The molecular formula is C23H25F2N3O2. The zero-order valence-corrected chi connectivity index (χ0v) is 17.1. The molecule has 4 rings (SSSR count). The summed E-state index contributed by atoms with van der Waals surface area (Å²) in [6.07, 6.45) is 2.95. The van der Waals surface area contributed by atoms with Crippen LogP contribution in [0.25, 0.3) is 10.9 Å². The number of ether oxygens (including phenoxy) is 1. The van der Waals surface area contributed by atoms with Crippen LogP contribution in [-0.2, 0) is 0 Å². The number of carbonyl (C=O) groups is 1. The molecule has 1 aromatic heterocycles. The van der Waals surface area contributed by atoms with E-state index in [-0.39, 0.29) is 17.5 Å². The molecular weight excluding hydrogens is 388 g/mol. The average molecular weight is 413 g/mol. The lowest BCUT2D eigenvalue weighted by Gasteiger charge is -2.29. The molecule has 3 aromatic rings. The fourth-order valence-corrected chi connectivity index (χ4v) is 3.83. The Morgan fingerprint density at radius 1 is 1.07 bits per heavy atom. The maximum atomic E-state index is 14.6. The molecule has 1 aliphatic rings. The maximum absolute atomic E-state index is 14.6. The summed E-state index contributed by atoms with van der Waals surface area (Å²) in [5.74, 6) is -1.10. The lowest BCUT2D eigenvalue weighted by molar-refractivity contribution is 0.102. The van der Waals surface area contributed by atoms with E-state index in [0.29, 0.717) is 24.5 Å². The summed E-state index contributed by atoms with van der Waals surface area (Å²) >= 11 is 0. The van der Waals surface area contributed by atoms with Gasteiger partial charge in [-0.15, -0.1) is 0 Å². The predicted octanol–water partition coefficient (Wildman–Crippen LogP) is 5.48. The van der Waals surface area contributed by atoms with Crippen molar-refractivity contribution in [2.45, 2.75) is 39.2 Å². The van der Waals surface area contributed by atoms with Crippen LogP contribution in [0.15, 0.2) is 36.4 Å². The Morgan fingerprint density at radius 2 is 1.77 bits per heavy atom. The van der Waals surface area contributed by atoms with Crippen LogP contribution in [0.1, 0.15) is 43.6 Å². The van der Waals surface area contributed by atoms with Gasteiger partial charge in [-0.3, -0.25) is 4.79 Å². The first-order valence-electron chi connectivity index (χ1n) is 10.3. The van der Waals surface area contributed by atoms with Gasteiger partial charge in [0.1, 0.15) is 17.1 Å². The number of rotatable bonds is 5. The Labute approximate surface area is 174 Å². The third-order valence-electron chi connectivity index (χ3n) is 5.16. The molecule has 0 aliphatic carbocycles. The molecule has 0 bridgehead atoms. The zero-order valence-electron chi connectivity index (χ0n) is 17.1. The van der Waals surface area contributed by atoms with Gasteiger partial charge in [-0.1, -0.05) is 0 Å². The molecule has 1 amide bonds. The standard InChI is InChI=1S/C23H25F2N3O2/c1-14(2)30-17-6-7-20-15(10-17)11-21(27-20)23(29)26-16-12-18(24)22(19(25)13-16)28-8-4-3-5-9-28/h6-7,10-14,27H,3-5,8-9H2,1-2H3,(H,26,29). The van der Waals surface area contributed by atoms with Crippen LogP contribution < -0.4 is 15.0 Å². The van der Waals surface area contributed by atoms with Crippen molar-refractivity contribution in [3.63, 3.8) is 0 Å². The lowest BCUT2D eigenvalue weighted by atomic mass is 10.1. The fourth-order valence-electron chi connectivity index (χ4n) is 3.83. The van der Waals surface area contributed by atoms with Crippen molar-refractivity contribution < 1.29 is 18.3 Å². The molecule has 1 fully saturated rings.